The molecule has 188 valence electrons. The minimum atomic E-state index is 0.740. The number of nitrogens with zero attached hydrogens (tertiary/aromatic N) is 1. The molecule has 8 rings (SSSR count). The maximum absolute atomic E-state index is 5.26. The van der Waals surface area contributed by atoms with E-state index in [-0.39, 0.29) is 0 Å². The van der Waals surface area contributed by atoms with E-state index in [1.807, 2.05) is 0 Å². The number of H-pyrrole nitrogens is 2. The van der Waals surface area contributed by atoms with Crippen molar-refractivity contribution in [2.24, 2.45) is 4.99 Å². The maximum atomic E-state index is 5.26. The number of aromatic amines is 2. The summed E-state index contributed by atoms with van der Waals surface area (Å²) in [5.74, 6) is 0. The quantitative estimate of drug-likeness (QED) is 0.166. The van der Waals surface area contributed by atoms with E-state index in [4.69, 9.17) is 4.99 Å². The van der Waals surface area contributed by atoms with Crippen LogP contribution in [0.4, 0.5) is 11.4 Å². The Labute approximate surface area is 241 Å². The molecule has 2 aromatic heterocycles. The molecule has 7 aromatic rings. The number of anilines is 1. The highest BCUT2D eigenvalue weighted by Crippen LogP contribution is 2.44. The fraction of sp³-hybridized carbons (Fsp3) is 0.0606. The van der Waals surface area contributed by atoms with Gasteiger partial charge in [-0.25, -0.2) is 0 Å². The Balaban J connectivity index is 1.22. The Morgan fingerprint density at radius 2 is 1.41 bits per heavy atom. The zero-order chi connectivity index (χ0) is 26.1. The summed E-state index contributed by atoms with van der Waals surface area (Å²) in [4.78, 5) is 12.1. The van der Waals surface area contributed by atoms with Crippen molar-refractivity contribution in [2.45, 2.75) is 13.0 Å². The highest BCUT2D eigenvalue weighted by Gasteiger charge is 2.24. The van der Waals surface area contributed by atoms with Crippen molar-refractivity contribution in [3.8, 4) is 0 Å². The summed E-state index contributed by atoms with van der Waals surface area (Å²) < 4.78 is 2.16. The van der Waals surface area contributed by atoms with Gasteiger partial charge >= 0.3 is 0 Å². The second-order valence-corrected chi connectivity index (χ2v) is 11.9. The van der Waals surface area contributed by atoms with Gasteiger partial charge in [0.05, 0.1) is 11.4 Å². The molecule has 0 saturated carbocycles. The molecule has 0 atom stereocenters. The third-order valence-electron chi connectivity index (χ3n) is 7.86. The summed E-state index contributed by atoms with van der Waals surface area (Å²) in [6.45, 7) is 0.740. The summed E-state index contributed by atoms with van der Waals surface area (Å²) in [7, 11) is 0. The zero-order valence-electron chi connectivity index (χ0n) is 20.8. The summed E-state index contributed by atoms with van der Waals surface area (Å²) in [5, 5.41) is 11.1. The van der Waals surface area contributed by atoms with Crippen LogP contribution in [0.5, 0.6) is 0 Å². The van der Waals surface area contributed by atoms with E-state index < -0.39 is 0 Å². The second-order valence-electron chi connectivity index (χ2n) is 10.1. The first-order chi connectivity index (χ1) is 19.1. The molecule has 1 aliphatic rings. The fourth-order valence-electron chi connectivity index (χ4n) is 5.98. The van der Waals surface area contributed by atoms with E-state index >= 15 is 0 Å². The standard InChI is InChI=1S/C33H22Br2N4/c34-19-5-9-30-25(11-19)18(16-37-30)15-36-21-7-8-23-22-3-1-2-4-24(22)33-28(26(23)13-21)14-32(39-33)29-17-38-31-10-6-20(35)12-27(29)31/h1-13,16-17,36-38H,14-15H2. The van der Waals surface area contributed by atoms with Crippen molar-refractivity contribution < 1.29 is 0 Å². The van der Waals surface area contributed by atoms with Gasteiger partial charge in [0.1, 0.15) is 0 Å². The van der Waals surface area contributed by atoms with E-state index in [0.717, 1.165) is 50.0 Å². The fourth-order valence-corrected chi connectivity index (χ4v) is 6.71. The zero-order valence-corrected chi connectivity index (χ0v) is 23.9. The van der Waals surface area contributed by atoms with Gasteiger partial charge in [-0.05, 0) is 75.8 Å². The van der Waals surface area contributed by atoms with Crippen LogP contribution >= 0.6 is 31.9 Å². The Morgan fingerprint density at radius 3 is 2.26 bits per heavy atom. The monoisotopic (exact) mass is 632 g/mol. The van der Waals surface area contributed by atoms with Crippen LogP contribution in [0.1, 0.15) is 16.7 Å². The van der Waals surface area contributed by atoms with Crippen molar-refractivity contribution in [3.63, 3.8) is 0 Å². The van der Waals surface area contributed by atoms with Crippen LogP contribution < -0.4 is 5.32 Å². The Kier molecular flexibility index (Phi) is 5.22. The third-order valence-corrected chi connectivity index (χ3v) is 8.85. The molecule has 0 unspecified atom stereocenters. The molecular weight excluding hydrogens is 612 g/mol. The van der Waals surface area contributed by atoms with Gasteiger partial charge in [-0.2, -0.15) is 0 Å². The average Bonchev–Trinajstić information content (AvgIpc) is 3.68. The lowest BCUT2D eigenvalue weighted by Crippen LogP contribution is -2.01. The van der Waals surface area contributed by atoms with Crippen LogP contribution in [0.3, 0.4) is 0 Å². The molecule has 0 spiro atoms. The number of fused-ring (bicyclic) bond motifs is 8. The lowest BCUT2D eigenvalue weighted by molar-refractivity contribution is 1.16. The Hall–Kier alpha value is -3.87. The predicted octanol–water partition coefficient (Wildman–Crippen LogP) is 9.77. The molecule has 0 radical (unpaired) electrons. The van der Waals surface area contributed by atoms with E-state index in [0.29, 0.717) is 0 Å². The van der Waals surface area contributed by atoms with Crippen molar-refractivity contribution in [3.05, 3.63) is 117 Å². The average molecular weight is 634 g/mol. The van der Waals surface area contributed by atoms with Crippen molar-refractivity contribution in [1.82, 2.24) is 9.97 Å². The minimum absolute atomic E-state index is 0.740. The minimum Gasteiger partial charge on any atom is -0.381 e. The summed E-state index contributed by atoms with van der Waals surface area (Å²) >= 11 is 7.25. The summed E-state index contributed by atoms with van der Waals surface area (Å²) in [6, 6.07) is 28.1. The van der Waals surface area contributed by atoms with Gasteiger partial charge < -0.3 is 15.3 Å². The number of nitrogens with one attached hydrogen (secondary N) is 3. The first-order valence-electron chi connectivity index (χ1n) is 12.9. The predicted molar refractivity (Wildman–Crippen MR) is 171 cm³/mol. The largest absolute Gasteiger partial charge is 0.381 e. The van der Waals surface area contributed by atoms with Crippen LogP contribution in [-0.2, 0) is 13.0 Å². The van der Waals surface area contributed by atoms with E-state index in [2.05, 4.69) is 138 Å². The molecule has 1 aliphatic heterocycles. The lowest BCUT2D eigenvalue weighted by atomic mass is 9.93. The number of halogens is 2. The SMILES string of the molecule is Brc1ccc2[nH]cc(CNc3ccc4c(c3)c3c(c5ccccc54)N=C(c4c[nH]c5ccc(Br)cc45)C3)c2c1. The topological polar surface area (TPSA) is 56.0 Å². The molecule has 39 heavy (non-hydrogen) atoms. The van der Waals surface area contributed by atoms with Crippen LogP contribution in [-0.4, -0.2) is 15.7 Å². The molecule has 6 heteroatoms. The first-order valence-corrected chi connectivity index (χ1v) is 14.5. The lowest BCUT2D eigenvalue weighted by Gasteiger charge is -2.13. The van der Waals surface area contributed by atoms with Crippen molar-refractivity contribution >= 4 is 92.3 Å². The molecule has 0 amide bonds. The number of benzene rings is 5. The van der Waals surface area contributed by atoms with E-state index in [1.54, 1.807) is 0 Å². The molecule has 3 N–H and O–H groups in total. The summed E-state index contributed by atoms with van der Waals surface area (Å²) in [5.41, 5.74) is 9.28. The molecule has 0 fully saturated rings. The number of hydrogen-bond acceptors (Lipinski definition) is 2. The molecule has 0 saturated heterocycles. The normalized spacial score (nSPS) is 13.0. The van der Waals surface area contributed by atoms with Gasteiger partial charge in [0, 0.05) is 72.7 Å². The Morgan fingerprint density at radius 1 is 0.692 bits per heavy atom. The molecule has 0 bridgehead atoms. The van der Waals surface area contributed by atoms with Crippen LogP contribution in [0.25, 0.3) is 43.4 Å². The highest BCUT2D eigenvalue weighted by molar-refractivity contribution is 9.10. The maximum Gasteiger partial charge on any atom is 0.0754 e. The first kappa shape index (κ1) is 23.1. The summed E-state index contributed by atoms with van der Waals surface area (Å²) in [6.07, 6.45) is 4.99. The van der Waals surface area contributed by atoms with Crippen LogP contribution in [0.15, 0.2) is 105 Å². The number of aromatic nitrogens is 2. The molecule has 0 aliphatic carbocycles. The van der Waals surface area contributed by atoms with Gasteiger partial charge in [0.25, 0.3) is 0 Å². The molecule has 5 aromatic carbocycles. The highest BCUT2D eigenvalue weighted by atomic mass is 79.9. The second kappa shape index (κ2) is 8.83. The van der Waals surface area contributed by atoms with Gasteiger partial charge in [0.2, 0.25) is 0 Å². The third kappa shape index (κ3) is 3.73. The van der Waals surface area contributed by atoms with Crippen LogP contribution in [0, 0.1) is 0 Å². The number of hydrogen-bond donors (Lipinski definition) is 3. The van der Waals surface area contributed by atoms with Gasteiger partial charge in [-0.1, -0.05) is 62.2 Å². The van der Waals surface area contributed by atoms with E-state index in [1.165, 1.54) is 49.0 Å². The van der Waals surface area contributed by atoms with Gasteiger partial charge in [0.15, 0.2) is 0 Å². The Bertz CT molecular complexity index is 2130. The van der Waals surface area contributed by atoms with Crippen molar-refractivity contribution in [2.75, 3.05) is 5.32 Å². The molecular formula is C33H22Br2N4. The van der Waals surface area contributed by atoms with Crippen LogP contribution in [0.2, 0.25) is 0 Å². The van der Waals surface area contributed by atoms with E-state index in [9.17, 15) is 0 Å². The number of rotatable bonds is 4. The van der Waals surface area contributed by atoms with Gasteiger partial charge in [-0.15, -0.1) is 0 Å². The molecule has 3 heterocycles. The van der Waals surface area contributed by atoms with Crippen molar-refractivity contribution in [1.29, 1.82) is 0 Å². The molecule has 4 nitrogen and oxygen atoms in total. The van der Waals surface area contributed by atoms with Gasteiger partial charge in [-0.3, -0.25) is 4.99 Å². The number of aliphatic imine (C=N–C) groups is 1. The smallest absolute Gasteiger partial charge is 0.0754 e.